The minimum atomic E-state index is -0.0879. The number of amides is 1. The largest absolute Gasteiger partial charge is 0.377 e. The smallest absolute Gasteiger partial charge is 0.267 e. The zero-order valence-electron chi connectivity index (χ0n) is 16.8. The first-order valence-electron chi connectivity index (χ1n) is 10.2. The van der Waals surface area contributed by atoms with Gasteiger partial charge >= 0.3 is 0 Å². The molecule has 7 nitrogen and oxygen atoms in total. The van der Waals surface area contributed by atoms with Gasteiger partial charge in [0.1, 0.15) is 0 Å². The number of aromatic amines is 1. The Morgan fingerprint density at radius 1 is 1.43 bits per heavy atom. The number of carbonyl (C=O) groups excluding carboxylic acids is 1. The van der Waals surface area contributed by atoms with Gasteiger partial charge in [0, 0.05) is 25.0 Å². The lowest BCUT2D eigenvalue weighted by molar-refractivity contribution is -0.118. The van der Waals surface area contributed by atoms with Gasteiger partial charge in [-0.2, -0.15) is 10.4 Å². The maximum absolute atomic E-state index is 12.8. The first-order chi connectivity index (χ1) is 14.6. The van der Waals surface area contributed by atoms with Crippen LogP contribution in [0.3, 0.4) is 0 Å². The van der Waals surface area contributed by atoms with Crippen LogP contribution in [0.15, 0.2) is 46.7 Å². The van der Waals surface area contributed by atoms with Crippen molar-refractivity contribution in [1.29, 1.82) is 5.26 Å². The molecular formula is C22H25BrN6O. The number of nitrogens with zero attached hydrogens (tertiary/aromatic N) is 2. The van der Waals surface area contributed by atoms with Crippen molar-refractivity contribution < 1.29 is 4.79 Å². The fourth-order valence-corrected chi connectivity index (χ4v) is 4.89. The third-order valence-corrected chi connectivity index (χ3v) is 6.67. The molecule has 3 unspecified atom stereocenters. The quantitative estimate of drug-likeness (QED) is 0.539. The second-order valence-electron chi connectivity index (χ2n) is 7.98. The number of aromatic nitrogens is 2. The summed E-state index contributed by atoms with van der Waals surface area (Å²) in [5.41, 5.74) is 3.41. The third-order valence-electron chi connectivity index (χ3n) is 6.04. The number of benzene rings is 1. The SMILES string of the molecule is CC1NC(C(=O)NCC2CNCC[C@@H]2c2cccc(C#N)c2)=CC1c1[nH]ncc1Br. The number of nitriles is 1. The van der Waals surface area contributed by atoms with Gasteiger partial charge in [0.25, 0.3) is 5.91 Å². The van der Waals surface area contributed by atoms with E-state index in [0.29, 0.717) is 23.7 Å². The molecule has 2 aliphatic rings. The fraction of sp³-hybridized carbons (Fsp3) is 0.409. The maximum atomic E-state index is 12.8. The highest BCUT2D eigenvalue weighted by atomic mass is 79.9. The molecule has 0 saturated carbocycles. The Labute approximate surface area is 184 Å². The summed E-state index contributed by atoms with van der Waals surface area (Å²) < 4.78 is 0.912. The van der Waals surface area contributed by atoms with Crippen LogP contribution < -0.4 is 16.0 Å². The summed E-state index contributed by atoms with van der Waals surface area (Å²) in [6.45, 7) is 4.42. The standard InChI is InChI=1S/C22H25BrN6O/c1-13-18(21-19(23)12-27-29-21)8-20(28-13)22(30)26-11-16-10-25-6-5-17(16)15-4-2-3-14(7-15)9-24/h2-4,7-8,12-13,16-18,25,28H,5-6,10-11H2,1H3,(H,26,30)(H,27,29)/t13?,16?,17-,18?/m1/s1. The molecule has 2 aromatic rings. The highest BCUT2D eigenvalue weighted by Crippen LogP contribution is 2.32. The van der Waals surface area contributed by atoms with E-state index in [2.05, 4.69) is 61.1 Å². The van der Waals surface area contributed by atoms with Crippen LogP contribution in [0.2, 0.25) is 0 Å². The first-order valence-corrected chi connectivity index (χ1v) is 11.0. The predicted octanol–water partition coefficient (Wildman–Crippen LogP) is 2.51. The van der Waals surface area contributed by atoms with Crippen molar-refractivity contribution in [2.75, 3.05) is 19.6 Å². The number of piperidine rings is 1. The number of halogens is 1. The molecule has 0 bridgehead atoms. The van der Waals surface area contributed by atoms with Crippen molar-refractivity contribution in [2.45, 2.75) is 31.2 Å². The van der Waals surface area contributed by atoms with Gasteiger partial charge in [0.2, 0.25) is 0 Å². The molecule has 2 aliphatic heterocycles. The summed E-state index contributed by atoms with van der Waals surface area (Å²) in [5.74, 6) is 0.558. The van der Waals surface area contributed by atoms with Crippen molar-refractivity contribution in [2.24, 2.45) is 5.92 Å². The van der Waals surface area contributed by atoms with Crippen molar-refractivity contribution in [1.82, 2.24) is 26.1 Å². The van der Waals surface area contributed by atoms with E-state index in [-0.39, 0.29) is 23.8 Å². The Bertz CT molecular complexity index is 994. The number of rotatable bonds is 5. The number of H-pyrrole nitrogens is 1. The molecule has 3 heterocycles. The summed E-state index contributed by atoms with van der Waals surface area (Å²) in [6, 6.07) is 10.1. The van der Waals surface area contributed by atoms with E-state index < -0.39 is 0 Å². The lowest BCUT2D eigenvalue weighted by atomic mass is 9.80. The molecule has 4 rings (SSSR count). The monoisotopic (exact) mass is 468 g/mol. The molecule has 0 radical (unpaired) electrons. The summed E-state index contributed by atoms with van der Waals surface area (Å²) in [6.07, 6.45) is 4.68. The van der Waals surface area contributed by atoms with Crippen LogP contribution in [0.5, 0.6) is 0 Å². The van der Waals surface area contributed by atoms with E-state index in [9.17, 15) is 10.1 Å². The van der Waals surface area contributed by atoms with E-state index in [1.165, 1.54) is 5.56 Å². The zero-order valence-corrected chi connectivity index (χ0v) is 18.4. The van der Waals surface area contributed by atoms with Crippen molar-refractivity contribution >= 4 is 21.8 Å². The van der Waals surface area contributed by atoms with Crippen LogP contribution >= 0.6 is 15.9 Å². The molecule has 8 heteroatoms. The molecule has 156 valence electrons. The molecule has 0 spiro atoms. The summed E-state index contributed by atoms with van der Waals surface area (Å²) >= 11 is 3.50. The van der Waals surface area contributed by atoms with Gasteiger partial charge in [0.15, 0.2) is 0 Å². The molecule has 30 heavy (non-hydrogen) atoms. The zero-order chi connectivity index (χ0) is 21.1. The normalized spacial score (nSPS) is 25.8. The number of nitrogens with one attached hydrogen (secondary N) is 4. The van der Waals surface area contributed by atoms with Gasteiger partial charge < -0.3 is 16.0 Å². The molecule has 1 aromatic carbocycles. The lowest BCUT2D eigenvalue weighted by Gasteiger charge is -2.33. The van der Waals surface area contributed by atoms with Gasteiger partial charge in [-0.25, -0.2) is 0 Å². The Morgan fingerprint density at radius 3 is 3.07 bits per heavy atom. The van der Waals surface area contributed by atoms with Gasteiger partial charge in [-0.1, -0.05) is 12.1 Å². The van der Waals surface area contributed by atoms with Crippen molar-refractivity contribution in [3.63, 3.8) is 0 Å². The van der Waals surface area contributed by atoms with E-state index in [1.54, 1.807) is 6.20 Å². The highest BCUT2D eigenvalue weighted by Gasteiger charge is 2.31. The number of hydrogen-bond acceptors (Lipinski definition) is 5. The highest BCUT2D eigenvalue weighted by molar-refractivity contribution is 9.10. The molecule has 1 saturated heterocycles. The minimum Gasteiger partial charge on any atom is -0.377 e. The Hall–Kier alpha value is -2.63. The predicted molar refractivity (Wildman–Crippen MR) is 118 cm³/mol. The van der Waals surface area contributed by atoms with Gasteiger partial charge in [-0.05, 0) is 71.4 Å². The maximum Gasteiger partial charge on any atom is 0.267 e. The molecule has 0 aliphatic carbocycles. The first kappa shape index (κ1) is 20.6. The van der Waals surface area contributed by atoms with Gasteiger partial charge in [-0.3, -0.25) is 9.89 Å². The Kier molecular flexibility index (Phi) is 6.21. The minimum absolute atomic E-state index is 0.0560. The molecule has 1 aromatic heterocycles. The van der Waals surface area contributed by atoms with Crippen LogP contribution in [0.25, 0.3) is 0 Å². The average Bonchev–Trinajstić information content (AvgIpc) is 3.37. The molecular weight excluding hydrogens is 444 g/mol. The summed E-state index contributed by atoms with van der Waals surface area (Å²) in [5, 5.41) is 26.1. The van der Waals surface area contributed by atoms with Crippen LogP contribution in [0, 0.1) is 17.2 Å². The van der Waals surface area contributed by atoms with Crippen LogP contribution in [0.1, 0.15) is 42.0 Å². The Balaban J connectivity index is 1.42. The third kappa shape index (κ3) is 4.27. The Morgan fingerprint density at radius 2 is 2.30 bits per heavy atom. The molecule has 4 atom stereocenters. The average molecular weight is 469 g/mol. The van der Waals surface area contributed by atoms with Crippen molar-refractivity contribution in [3.8, 4) is 6.07 Å². The molecule has 1 amide bonds. The molecule has 4 N–H and O–H groups in total. The van der Waals surface area contributed by atoms with Gasteiger partial charge in [0.05, 0.1) is 33.7 Å². The second kappa shape index (κ2) is 9.02. The topological polar surface area (TPSA) is 106 Å². The number of hydrogen-bond donors (Lipinski definition) is 4. The van der Waals surface area contributed by atoms with Gasteiger partial charge in [-0.15, -0.1) is 0 Å². The number of carbonyl (C=O) groups is 1. The van der Waals surface area contributed by atoms with E-state index in [0.717, 1.165) is 29.7 Å². The van der Waals surface area contributed by atoms with Crippen LogP contribution in [-0.4, -0.2) is 41.8 Å². The van der Waals surface area contributed by atoms with Crippen LogP contribution in [-0.2, 0) is 4.79 Å². The van der Waals surface area contributed by atoms with Crippen molar-refractivity contribution in [3.05, 3.63) is 63.5 Å². The fourth-order valence-electron chi connectivity index (χ4n) is 4.43. The van der Waals surface area contributed by atoms with Crippen LogP contribution in [0.4, 0.5) is 0 Å². The summed E-state index contributed by atoms with van der Waals surface area (Å²) in [7, 11) is 0. The van der Waals surface area contributed by atoms with E-state index >= 15 is 0 Å². The second-order valence-corrected chi connectivity index (χ2v) is 8.83. The van der Waals surface area contributed by atoms with E-state index in [1.807, 2.05) is 24.3 Å². The lowest BCUT2D eigenvalue weighted by Crippen LogP contribution is -2.43. The molecule has 1 fully saturated rings. The summed E-state index contributed by atoms with van der Waals surface area (Å²) in [4.78, 5) is 12.8. The van der Waals surface area contributed by atoms with E-state index in [4.69, 9.17) is 0 Å².